The van der Waals surface area contributed by atoms with Gasteiger partial charge < -0.3 is 10.1 Å². The number of hydrogen-bond acceptors (Lipinski definition) is 5. The number of amides is 1. The highest BCUT2D eigenvalue weighted by Gasteiger charge is 2.44. The molecule has 0 spiro atoms. The monoisotopic (exact) mass is 548 g/mol. The van der Waals surface area contributed by atoms with E-state index >= 15 is 8.78 Å². The Morgan fingerprint density at radius 1 is 1.14 bits per heavy atom. The smallest absolute Gasteiger partial charge is 0.334 e. The first-order valence-corrected chi connectivity index (χ1v) is 16.2. The van der Waals surface area contributed by atoms with Crippen molar-refractivity contribution in [2.24, 2.45) is 0 Å². The van der Waals surface area contributed by atoms with Gasteiger partial charge in [0.25, 0.3) is 5.91 Å². The van der Waals surface area contributed by atoms with Gasteiger partial charge in [0.1, 0.15) is 13.6 Å². The van der Waals surface area contributed by atoms with Crippen molar-refractivity contribution in [3.63, 3.8) is 0 Å². The fourth-order valence-electron chi connectivity index (χ4n) is 5.46. The molecule has 0 radical (unpaired) electrons. The van der Waals surface area contributed by atoms with Crippen LogP contribution in [-0.4, -0.2) is 46.3 Å². The molecule has 0 fully saturated rings. The highest BCUT2D eigenvalue weighted by atomic mass is 32.2. The lowest BCUT2D eigenvalue weighted by molar-refractivity contribution is 0.0624. The number of fused-ring (bicyclic) bond motifs is 1. The van der Waals surface area contributed by atoms with Crippen LogP contribution in [-0.2, 0) is 15.8 Å². The number of carbonyl (C=O) groups excluding carboxylic acids is 1. The van der Waals surface area contributed by atoms with Gasteiger partial charge in [0.05, 0.1) is 30.0 Å². The minimum atomic E-state index is -3.71. The normalized spacial score (nSPS) is 17.4. The van der Waals surface area contributed by atoms with Crippen LogP contribution in [0, 0.1) is 11.5 Å². The number of ether oxygens (including phenoxy) is 1. The largest absolute Gasteiger partial charge is 0.480 e. The lowest BCUT2D eigenvalue weighted by Gasteiger charge is -2.38. The zero-order valence-electron chi connectivity index (χ0n) is 22.2. The second-order valence-corrected chi connectivity index (χ2v) is 17.9. The molecule has 3 rings (SSSR count). The van der Waals surface area contributed by atoms with Crippen molar-refractivity contribution in [1.29, 1.82) is 0 Å². The van der Waals surface area contributed by atoms with E-state index in [1.54, 1.807) is 18.2 Å². The second kappa shape index (κ2) is 10.5. The third kappa shape index (κ3) is 5.58. The van der Waals surface area contributed by atoms with E-state index in [0.29, 0.717) is 0 Å². The number of sulfone groups is 1. The molecule has 200 valence electrons. The van der Waals surface area contributed by atoms with Gasteiger partial charge in [-0.2, -0.15) is 8.78 Å². The van der Waals surface area contributed by atoms with Gasteiger partial charge in [-0.15, -0.1) is 5.54 Å². The maximum atomic E-state index is 16.3. The number of para-hydroxylation sites is 1. The van der Waals surface area contributed by atoms with Gasteiger partial charge in [0.2, 0.25) is 5.88 Å². The summed E-state index contributed by atoms with van der Waals surface area (Å²) in [5.74, 6) is -2.93. The van der Waals surface area contributed by atoms with Crippen molar-refractivity contribution in [2.45, 2.75) is 70.1 Å². The van der Waals surface area contributed by atoms with E-state index < -0.39 is 46.9 Å². The third-order valence-electron chi connectivity index (χ3n) is 7.14. The quantitative estimate of drug-likeness (QED) is 0.360. The van der Waals surface area contributed by atoms with E-state index in [-0.39, 0.29) is 39.2 Å². The van der Waals surface area contributed by atoms with E-state index in [1.165, 1.54) is 19.3 Å². The highest BCUT2D eigenvalue weighted by molar-refractivity contribution is 7.94. The molecule has 1 atom stereocenters. The molecule has 1 aliphatic rings. The number of aromatic nitrogens is 1. The Morgan fingerprint density at radius 3 is 2.24 bits per heavy atom. The molecule has 0 saturated heterocycles. The van der Waals surface area contributed by atoms with Gasteiger partial charge in [0.15, 0.2) is 9.84 Å². The van der Waals surface area contributed by atoms with Gasteiger partial charge in [-0.05, 0) is 34.7 Å². The molecule has 2 heterocycles. The molecule has 10 heteroatoms. The molecule has 0 bridgehead atoms. The summed E-state index contributed by atoms with van der Waals surface area (Å²) in [7, 11) is -4.74. The number of halogens is 2. The fourth-order valence-corrected chi connectivity index (χ4v) is 11.9. The SMILES string of the molecule is COc1nc2ccccc2c(C(F)(F)C#C[Si](C(C)C)(C(C)C)C(C)C)c1C(=O)N[C@@H]1C=CS(=O)(=O)C1. The molecule has 6 nitrogen and oxygen atoms in total. The van der Waals surface area contributed by atoms with Gasteiger partial charge in [-0.1, -0.05) is 59.7 Å². The maximum absolute atomic E-state index is 16.3. The van der Waals surface area contributed by atoms with Crippen molar-refractivity contribution < 1.29 is 26.7 Å². The first-order chi connectivity index (χ1) is 17.2. The number of hydrogen-bond donors (Lipinski definition) is 1. The van der Waals surface area contributed by atoms with Crippen molar-refractivity contribution >= 4 is 34.7 Å². The minimum absolute atomic E-state index is 0.0771. The first kappa shape index (κ1) is 28.8. The van der Waals surface area contributed by atoms with E-state index in [2.05, 4.69) is 21.8 Å². The van der Waals surface area contributed by atoms with Crippen LogP contribution in [0.2, 0.25) is 16.6 Å². The predicted molar refractivity (Wildman–Crippen MR) is 145 cm³/mol. The van der Waals surface area contributed by atoms with Crippen LogP contribution in [0.3, 0.4) is 0 Å². The predicted octanol–water partition coefficient (Wildman–Crippen LogP) is 5.60. The third-order valence-corrected chi connectivity index (χ3v) is 14.8. The summed E-state index contributed by atoms with van der Waals surface area (Å²) in [5.41, 5.74) is 2.67. The van der Waals surface area contributed by atoms with Gasteiger partial charge in [-0.25, -0.2) is 13.4 Å². The number of alkyl halides is 2. The van der Waals surface area contributed by atoms with Crippen LogP contribution in [0.5, 0.6) is 5.88 Å². The average molecular weight is 549 g/mol. The zero-order valence-corrected chi connectivity index (χ0v) is 24.0. The van der Waals surface area contributed by atoms with Crippen LogP contribution < -0.4 is 10.1 Å². The number of pyridine rings is 1. The summed E-state index contributed by atoms with van der Waals surface area (Å²) < 4.78 is 61.4. The molecule has 1 aliphatic heterocycles. The number of rotatable bonds is 7. The van der Waals surface area contributed by atoms with Gasteiger partial charge in [-0.3, -0.25) is 4.79 Å². The fraction of sp³-hybridized carbons (Fsp3) is 0.481. The Labute approximate surface area is 218 Å². The van der Waals surface area contributed by atoms with E-state index in [1.807, 2.05) is 41.5 Å². The molecule has 0 saturated carbocycles. The molecular formula is C27H34F2N2O4SSi. The summed E-state index contributed by atoms with van der Waals surface area (Å²) in [4.78, 5) is 17.7. The highest BCUT2D eigenvalue weighted by Crippen LogP contribution is 2.43. The molecule has 1 aromatic heterocycles. The summed E-state index contributed by atoms with van der Waals surface area (Å²) in [6, 6.07) is 5.43. The van der Waals surface area contributed by atoms with Crippen molar-refractivity contribution in [2.75, 3.05) is 12.9 Å². The minimum Gasteiger partial charge on any atom is -0.480 e. The molecular weight excluding hydrogens is 514 g/mol. The summed E-state index contributed by atoms with van der Waals surface area (Å²) in [6.07, 6.45) is 1.32. The number of methoxy groups -OCH3 is 1. The second-order valence-electron chi connectivity index (χ2n) is 10.3. The topological polar surface area (TPSA) is 85.4 Å². The molecule has 37 heavy (non-hydrogen) atoms. The Hall–Kier alpha value is -2.77. The maximum Gasteiger partial charge on any atom is 0.334 e. The summed E-state index contributed by atoms with van der Waals surface area (Å²) in [5, 5.41) is 3.61. The lowest BCUT2D eigenvalue weighted by Crippen LogP contribution is -2.43. The molecule has 1 amide bonds. The summed E-state index contributed by atoms with van der Waals surface area (Å²) >= 11 is 0. The lowest BCUT2D eigenvalue weighted by atomic mass is 9.96. The number of benzene rings is 1. The molecule has 1 aromatic carbocycles. The average Bonchev–Trinajstić information content (AvgIpc) is 3.14. The van der Waals surface area contributed by atoms with Crippen LogP contribution in [0.15, 0.2) is 35.7 Å². The Morgan fingerprint density at radius 2 is 1.73 bits per heavy atom. The van der Waals surface area contributed by atoms with Crippen LogP contribution >= 0.6 is 0 Å². The Bertz CT molecular complexity index is 1370. The van der Waals surface area contributed by atoms with E-state index in [4.69, 9.17) is 4.74 Å². The molecule has 1 N–H and O–H groups in total. The van der Waals surface area contributed by atoms with Crippen molar-refractivity contribution in [3.05, 3.63) is 46.9 Å². The Balaban J connectivity index is 2.26. The number of nitrogens with zero attached hydrogens (tertiary/aromatic N) is 1. The van der Waals surface area contributed by atoms with Crippen LogP contribution in [0.4, 0.5) is 8.78 Å². The van der Waals surface area contributed by atoms with Crippen molar-refractivity contribution in [3.8, 4) is 17.3 Å². The van der Waals surface area contributed by atoms with Gasteiger partial charge in [0, 0.05) is 10.8 Å². The molecule has 0 aliphatic carbocycles. The van der Waals surface area contributed by atoms with Crippen LogP contribution in [0.1, 0.15) is 57.5 Å². The van der Waals surface area contributed by atoms with Crippen LogP contribution in [0.25, 0.3) is 10.9 Å². The Kier molecular flexibility index (Phi) is 8.20. The molecule has 0 unspecified atom stereocenters. The standard InChI is InChI=1S/C27H34F2N2O4SSi/c1-17(2)37(18(3)4,19(5)6)15-13-27(28,29)24-21-10-8-9-11-22(21)31-26(35-7)23(24)25(32)30-20-12-14-36(33,34)16-20/h8-12,14,17-20H,16H2,1-7H3,(H,30,32)/t20-/m1/s1. The summed E-state index contributed by atoms with van der Waals surface area (Å²) in [6.45, 7) is 12.2. The zero-order chi connectivity index (χ0) is 27.8. The van der Waals surface area contributed by atoms with E-state index in [0.717, 1.165) is 5.41 Å². The number of nitrogens with one attached hydrogen (secondary N) is 1. The van der Waals surface area contributed by atoms with Gasteiger partial charge >= 0.3 is 5.92 Å². The van der Waals surface area contributed by atoms with E-state index in [9.17, 15) is 13.2 Å². The molecule has 2 aromatic rings. The van der Waals surface area contributed by atoms with Crippen molar-refractivity contribution in [1.82, 2.24) is 10.3 Å². The first-order valence-electron chi connectivity index (χ1n) is 12.3. The number of carbonyl (C=O) groups is 1.